The average Bonchev–Trinajstić information content (AvgIpc) is 3.76. The first-order chi connectivity index (χ1) is 21.1. The van der Waals surface area contributed by atoms with Gasteiger partial charge in [0.1, 0.15) is 0 Å². The molecule has 0 spiro atoms. The second-order valence-electron chi connectivity index (χ2n) is 16.1. The van der Waals surface area contributed by atoms with Crippen molar-refractivity contribution in [3.63, 3.8) is 0 Å². The molecule has 9 nitrogen and oxygen atoms in total. The molecule has 0 aromatic carbocycles. The summed E-state index contributed by atoms with van der Waals surface area (Å²) in [5.74, 6) is 4.49. The number of hydrogen-bond donors (Lipinski definition) is 8. The molecule has 17 unspecified atom stereocenters. The van der Waals surface area contributed by atoms with E-state index in [0.717, 1.165) is 19.3 Å². The zero-order valence-corrected chi connectivity index (χ0v) is 27.7. The van der Waals surface area contributed by atoms with E-state index in [1.807, 2.05) is 0 Å². The van der Waals surface area contributed by atoms with E-state index < -0.39 is 0 Å². The van der Waals surface area contributed by atoms with Crippen LogP contribution in [0.2, 0.25) is 0 Å². The van der Waals surface area contributed by atoms with Crippen LogP contribution < -0.4 is 42.5 Å². The summed E-state index contributed by atoms with van der Waals surface area (Å²) in [5, 5.41) is 33.1. The van der Waals surface area contributed by atoms with Crippen LogP contribution >= 0.6 is 11.6 Å². The van der Waals surface area contributed by atoms with E-state index in [2.05, 4.69) is 42.5 Å². The van der Waals surface area contributed by atoms with Gasteiger partial charge in [-0.25, -0.2) is 0 Å². The number of fused-ring (bicyclic) bond motifs is 20. The zero-order valence-electron chi connectivity index (χ0n) is 26.0. The number of halogens is 1. The van der Waals surface area contributed by atoms with Gasteiger partial charge in [0, 0.05) is 28.9 Å². The Kier molecular flexibility index (Phi) is 9.20. The zero-order chi connectivity index (χ0) is 28.7. The molecule has 9 rings (SSSR count). The van der Waals surface area contributed by atoms with Crippen molar-refractivity contribution < 1.29 is 21.9 Å². The Morgan fingerprint density at radius 2 is 0.659 bits per heavy atom. The second-order valence-corrected chi connectivity index (χ2v) is 16.4. The van der Waals surface area contributed by atoms with Crippen LogP contribution in [0.5, 0.6) is 0 Å². The third-order valence-electron chi connectivity index (χ3n) is 14.2. The SMILES string of the molecule is O=C(Cl)C1CCCC2C3NC4NC(NC5NC(NC6NC(NC(N3)C12)C1CCCCC61)C1CCCCC51)C1CCCCC41.[Cu]. The fourth-order valence-corrected chi connectivity index (χ4v) is 12.6. The van der Waals surface area contributed by atoms with Crippen molar-refractivity contribution in [1.29, 1.82) is 0 Å². The standard InChI is InChI=1S/C33H55ClN8O.Cu/c34-25(43)22-14-7-15-23-24(22)33-41-31-21-13-6-5-12-20(21)29(39-31)37-27-17-9-2-1-8-16(17)26(35-27)36-28-18-10-3-4-11-19(18)30(38-28)40-32(23)42-33;/h16-24,26-33,35-42H,1-15H2;. The van der Waals surface area contributed by atoms with Gasteiger partial charge in [-0.2, -0.15) is 0 Å². The van der Waals surface area contributed by atoms with Crippen LogP contribution in [0.4, 0.5) is 0 Å². The molecule has 9 aliphatic rings. The molecule has 9 fully saturated rings. The molecule has 0 aromatic rings. The first-order valence-electron chi connectivity index (χ1n) is 18.4. The van der Waals surface area contributed by atoms with Crippen molar-refractivity contribution in [2.75, 3.05) is 0 Å². The second kappa shape index (κ2) is 12.9. The quantitative estimate of drug-likeness (QED) is 0.157. The third kappa shape index (κ3) is 5.39. The maximum absolute atomic E-state index is 12.8. The number of nitrogens with one attached hydrogen (secondary N) is 8. The van der Waals surface area contributed by atoms with E-state index in [9.17, 15) is 4.79 Å². The monoisotopic (exact) mass is 677 g/mol. The number of rotatable bonds is 1. The molecule has 0 aromatic heterocycles. The van der Waals surface area contributed by atoms with E-state index in [1.54, 1.807) is 0 Å². The fraction of sp³-hybridized carbons (Fsp3) is 0.970. The molecule has 4 aliphatic carbocycles. The maximum Gasteiger partial charge on any atom is 0.225 e. The van der Waals surface area contributed by atoms with E-state index in [-0.39, 0.29) is 58.8 Å². The molecular formula is C33H55ClCuN8O. The molecule has 8 bridgehead atoms. The van der Waals surface area contributed by atoms with Crippen LogP contribution in [0.25, 0.3) is 0 Å². The van der Waals surface area contributed by atoms with Crippen molar-refractivity contribution in [3.8, 4) is 0 Å². The summed E-state index contributed by atoms with van der Waals surface area (Å²) in [5.41, 5.74) is 0. The van der Waals surface area contributed by atoms with Crippen molar-refractivity contribution >= 4 is 16.8 Å². The molecule has 11 heteroatoms. The summed E-state index contributed by atoms with van der Waals surface area (Å²) in [6.07, 6.45) is 21.2. The topological polar surface area (TPSA) is 113 Å². The van der Waals surface area contributed by atoms with Crippen LogP contribution in [0.1, 0.15) is 96.3 Å². The van der Waals surface area contributed by atoms with Crippen LogP contribution in [-0.2, 0) is 21.9 Å². The molecule has 5 saturated heterocycles. The first kappa shape index (κ1) is 31.4. The Labute approximate surface area is 279 Å². The minimum absolute atomic E-state index is 0. The van der Waals surface area contributed by atoms with E-state index >= 15 is 0 Å². The van der Waals surface area contributed by atoms with Gasteiger partial charge in [-0.1, -0.05) is 44.9 Å². The number of carbonyl (C=O) groups is 1. The molecular weight excluding hydrogens is 623 g/mol. The predicted molar refractivity (Wildman–Crippen MR) is 167 cm³/mol. The Bertz CT molecular complexity index is 1060. The van der Waals surface area contributed by atoms with E-state index in [4.69, 9.17) is 11.6 Å². The summed E-state index contributed by atoms with van der Waals surface area (Å²) in [4.78, 5) is 12.8. The first-order valence-corrected chi connectivity index (χ1v) is 18.8. The summed E-state index contributed by atoms with van der Waals surface area (Å²) in [6, 6.07) is 0. The number of carbonyl (C=O) groups excluding carboxylic acids is 1. The van der Waals surface area contributed by atoms with Crippen LogP contribution in [0, 0.1) is 53.3 Å². The molecule has 8 N–H and O–H groups in total. The summed E-state index contributed by atoms with van der Waals surface area (Å²) < 4.78 is 0. The van der Waals surface area contributed by atoms with Gasteiger partial charge in [0.15, 0.2) is 0 Å². The van der Waals surface area contributed by atoms with Crippen LogP contribution in [0.3, 0.4) is 0 Å². The van der Waals surface area contributed by atoms with Gasteiger partial charge in [0.2, 0.25) is 5.24 Å². The smallest absolute Gasteiger partial charge is 0.225 e. The molecule has 17 atom stereocenters. The Morgan fingerprint density at radius 1 is 0.386 bits per heavy atom. The van der Waals surface area contributed by atoms with Gasteiger partial charge in [-0.05, 0) is 104 Å². The van der Waals surface area contributed by atoms with Crippen molar-refractivity contribution in [2.24, 2.45) is 53.3 Å². The van der Waals surface area contributed by atoms with E-state index in [1.165, 1.54) is 77.0 Å². The fourth-order valence-electron chi connectivity index (χ4n) is 12.3. The Morgan fingerprint density at radius 3 is 0.977 bits per heavy atom. The van der Waals surface area contributed by atoms with Crippen molar-refractivity contribution in [3.05, 3.63) is 0 Å². The molecule has 1 radical (unpaired) electrons. The largest absolute Gasteiger partial charge is 0.286 e. The van der Waals surface area contributed by atoms with Gasteiger partial charge >= 0.3 is 0 Å². The third-order valence-corrected chi connectivity index (χ3v) is 14.5. The normalized spacial score (nSPS) is 54.8. The Hall–Kier alpha value is 0.159. The average molecular weight is 679 g/mol. The molecule has 5 heterocycles. The van der Waals surface area contributed by atoms with E-state index in [0.29, 0.717) is 66.1 Å². The van der Waals surface area contributed by atoms with Crippen LogP contribution in [-0.4, -0.2) is 54.6 Å². The van der Waals surface area contributed by atoms with Crippen molar-refractivity contribution in [2.45, 2.75) is 146 Å². The van der Waals surface area contributed by atoms with Gasteiger partial charge in [0.25, 0.3) is 0 Å². The molecule has 44 heavy (non-hydrogen) atoms. The summed E-state index contributed by atoms with van der Waals surface area (Å²) >= 11 is 6.36. The Balaban J connectivity index is 0.00000289. The molecule has 4 saturated carbocycles. The number of hydrogen-bond acceptors (Lipinski definition) is 9. The molecule has 0 amide bonds. The van der Waals surface area contributed by atoms with Gasteiger partial charge < -0.3 is 0 Å². The van der Waals surface area contributed by atoms with Gasteiger partial charge in [-0.3, -0.25) is 47.3 Å². The molecule has 251 valence electrons. The minimum atomic E-state index is -0.135. The predicted octanol–water partition coefficient (Wildman–Crippen LogP) is 2.59. The van der Waals surface area contributed by atoms with Crippen molar-refractivity contribution in [1.82, 2.24) is 42.5 Å². The van der Waals surface area contributed by atoms with Gasteiger partial charge in [-0.15, -0.1) is 0 Å². The van der Waals surface area contributed by atoms with Gasteiger partial charge in [0.05, 0.1) is 49.3 Å². The maximum atomic E-state index is 12.8. The molecule has 5 aliphatic heterocycles. The summed E-state index contributed by atoms with van der Waals surface area (Å²) in [7, 11) is 0. The minimum Gasteiger partial charge on any atom is -0.286 e. The van der Waals surface area contributed by atoms with Crippen LogP contribution in [0.15, 0.2) is 0 Å². The summed E-state index contributed by atoms with van der Waals surface area (Å²) in [6.45, 7) is 0.